The van der Waals surface area contributed by atoms with Crippen molar-refractivity contribution in [1.29, 1.82) is 0 Å². The van der Waals surface area contributed by atoms with Crippen LogP contribution in [0.4, 0.5) is 13.2 Å². The van der Waals surface area contributed by atoms with Crippen molar-refractivity contribution in [2.75, 3.05) is 7.11 Å². The first-order valence-electron chi connectivity index (χ1n) is 3.84. The zero-order valence-corrected chi connectivity index (χ0v) is 7.43. The molecular weight excluding hydrogens is 197 g/mol. The summed E-state index contributed by atoms with van der Waals surface area (Å²) < 4.78 is 41.7. The molecule has 0 aliphatic rings. The third-order valence-electron chi connectivity index (χ3n) is 1.75. The predicted octanol–water partition coefficient (Wildman–Crippen LogP) is 2.56. The number of benzene rings is 1. The van der Waals surface area contributed by atoms with E-state index in [2.05, 4.69) is 4.74 Å². The zero-order valence-electron chi connectivity index (χ0n) is 7.43. The number of hydrogen-bond acceptors (Lipinski definition) is 2. The molecule has 0 atom stereocenters. The molecule has 0 fully saturated rings. The molecule has 0 radical (unpaired) electrons. The molecule has 0 aromatic heterocycles. The lowest BCUT2D eigenvalue weighted by molar-refractivity contribution is -0.138. The Kier molecular flexibility index (Phi) is 3.00. The van der Waals surface area contributed by atoms with E-state index in [0.29, 0.717) is 0 Å². The highest BCUT2D eigenvalue weighted by molar-refractivity contribution is 5.40. The average molecular weight is 206 g/mol. The van der Waals surface area contributed by atoms with Gasteiger partial charge in [0.2, 0.25) is 0 Å². The predicted molar refractivity (Wildman–Crippen MR) is 43.8 cm³/mol. The largest absolute Gasteiger partial charge is 0.508 e. The number of phenolic OH excluding ortho intramolecular Hbond substituents is 1. The summed E-state index contributed by atoms with van der Waals surface area (Å²) in [6.45, 7) is -0.262. The summed E-state index contributed by atoms with van der Waals surface area (Å²) in [6.07, 6.45) is -4.47. The highest BCUT2D eigenvalue weighted by Crippen LogP contribution is 2.35. The van der Waals surface area contributed by atoms with E-state index in [0.717, 1.165) is 12.1 Å². The number of rotatable bonds is 2. The summed E-state index contributed by atoms with van der Waals surface area (Å²) >= 11 is 0. The van der Waals surface area contributed by atoms with E-state index in [1.165, 1.54) is 13.2 Å². The van der Waals surface area contributed by atoms with Crippen LogP contribution in [0.25, 0.3) is 0 Å². The Morgan fingerprint density at radius 2 is 2.00 bits per heavy atom. The molecule has 0 unspecified atom stereocenters. The summed E-state index contributed by atoms with van der Waals surface area (Å²) in [6, 6.07) is 3.26. The summed E-state index contributed by atoms with van der Waals surface area (Å²) in [5.74, 6) is -0.401. The maximum absolute atomic E-state index is 12.4. The van der Waals surface area contributed by atoms with Crippen molar-refractivity contribution in [3.63, 3.8) is 0 Å². The highest BCUT2D eigenvalue weighted by Gasteiger charge is 2.34. The average Bonchev–Trinajstić information content (AvgIpc) is 2.07. The van der Waals surface area contributed by atoms with Gasteiger partial charge in [0.05, 0.1) is 12.2 Å². The van der Waals surface area contributed by atoms with Crippen LogP contribution in [0.2, 0.25) is 0 Å². The van der Waals surface area contributed by atoms with Gasteiger partial charge in [-0.15, -0.1) is 0 Å². The molecule has 0 amide bonds. The third-order valence-corrected chi connectivity index (χ3v) is 1.75. The van der Waals surface area contributed by atoms with Crippen molar-refractivity contribution in [2.24, 2.45) is 0 Å². The first-order valence-corrected chi connectivity index (χ1v) is 3.84. The number of alkyl halides is 3. The molecule has 2 nitrogen and oxygen atoms in total. The van der Waals surface area contributed by atoms with Crippen LogP contribution >= 0.6 is 0 Å². The number of phenols is 1. The Bertz CT molecular complexity index is 320. The minimum absolute atomic E-state index is 0.234. The molecule has 1 aromatic rings. The molecule has 1 N–H and O–H groups in total. The fourth-order valence-corrected chi connectivity index (χ4v) is 1.14. The molecule has 0 spiro atoms. The maximum atomic E-state index is 12.4. The second kappa shape index (κ2) is 3.88. The standard InChI is InChI=1S/C9H9F3O2/c1-14-5-6-7(9(10,11)12)3-2-4-8(6)13/h2-4,13H,5H2,1H3. The van der Waals surface area contributed by atoms with Crippen molar-refractivity contribution < 1.29 is 23.0 Å². The van der Waals surface area contributed by atoms with Gasteiger partial charge >= 0.3 is 6.18 Å². The van der Waals surface area contributed by atoms with Gasteiger partial charge in [-0.2, -0.15) is 13.2 Å². The minimum Gasteiger partial charge on any atom is -0.508 e. The second-order valence-corrected chi connectivity index (χ2v) is 2.73. The highest BCUT2D eigenvalue weighted by atomic mass is 19.4. The number of aromatic hydroxyl groups is 1. The summed E-state index contributed by atoms with van der Waals surface area (Å²) in [5.41, 5.74) is -1.10. The summed E-state index contributed by atoms with van der Waals surface area (Å²) in [5, 5.41) is 9.21. The second-order valence-electron chi connectivity index (χ2n) is 2.73. The van der Waals surface area contributed by atoms with Crippen molar-refractivity contribution in [3.05, 3.63) is 29.3 Å². The lowest BCUT2D eigenvalue weighted by Gasteiger charge is -2.13. The first-order chi connectivity index (χ1) is 6.46. The van der Waals surface area contributed by atoms with E-state index in [9.17, 15) is 18.3 Å². The summed E-state index contributed by atoms with van der Waals surface area (Å²) in [4.78, 5) is 0. The van der Waals surface area contributed by atoms with Crippen LogP contribution in [0.3, 0.4) is 0 Å². The van der Waals surface area contributed by atoms with Gasteiger partial charge in [-0.25, -0.2) is 0 Å². The number of halogens is 3. The quantitative estimate of drug-likeness (QED) is 0.805. The van der Waals surface area contributed by atoms with Crippen LogP contribution < -0.4 is 0 Å². The monoisotopic (exact) mass is 206 g/mol. The van der Waals surface area contributed by atoms with Crippen LogP contribution in [0.1, 0.15) is 11.1 Å². The fraction of sp³-hybridized carbons (Fsp3) is 0.333. The van der Waals surface area contributed by atoms with Gasteiger partial charge in [0.1, 0.15) is 5.75 Å². The molecule has 0 heterocycles. The van der Waals surface area contributed by atoms with Gasteiger partial charge in [-0.05, 0) is 12.1 Å². The van der Waals surface area contributed by atoms with Gasteiger partial charge < -0.3 is 9.84 Å². The fourth-order valence-electron chi connectivity index (χ4n) is 1.14. The van der Waals surface area contributed by atoms with Gasteiger partial charge in [-0.3, -0.25) is 0 Å². The van der Waals surface area contributed by atoms with Crippen LogP contribution in [0.15, 0.2) is 18.2 Å². The number of ether oxygens (including phenoxy) is 1. The smallest absolute Gasteiger partial charge is 0.416 e. The van der Waals surface area contributed by atoms with E-state index in [-0.39, 0.29) is 12.2 Å². The molecular formula is C9H9F3O2. The molecule has 1 aromatic carbocycles. The summed E-state index contributed by atoms with van der Waals surface area (Å²) in [7, 11) is 1.27. The van der Waals surface area contributed by atoms with Crippen molar-refractivity contribution in [2.45, 2.75) is 12.8 Å². The SMILES string of the molecule is COCc1c(O)cccc1C(F)(F)F. The minimum atomic E-state index is -4.47. The molecule has 0 bridgehead atoms. The van der Waals surface area contributed by atoms with Crippen LogP contribution in [-0.4, -0.2) is 12.2 Å². The van der Waals surface area contributed by atoms with E-state index >= 15 is 0 Å². The lowest BCUT2D eigenvalue weighted by Crippen LogP contribution is -2.09. The Balaban J connectivity index is 3.21. The normalized spacial score (nSPS) is 11.7. The van der Waals surface area contributed by atoms with Gasteiger partial charge in [0.15, 0.2) is 0 Å². The molecule has 0 saturated heterocycles. The van der Waals surface area contributed by atoms with Crippen LogP contribution in [-0.2, 0) is 17.5 Å². The topological polar surface area (TPSA) is 29.5 Å². The Morgan fingerprint density at radius 3 is 2.50 bits per heavy atom. The van der Waals surface area contributed by atoms with Crippen molar-refractivity contribution >= 4 is 0 Å². The van der Waals surface area contributed by atoms with Crippen LogP contribution in [0, 0.1) is 0 Å². The van der Waals surface area contributed by atoms with E-state index in [1.807, 2.05) is 0 Å². The van der Waals surface area contributed by atoms with E-state index < -0.39 is 17.5 Å². The molecule has 0 aliphatic carbocycles. The third kappa shape index (κ3) is 2.17. The van der Waals surface area contributed by atoms with Gasteiger partial charge in [0, 0.05) is 12.7 Å². The Morgan fingerprint density at radius 1 is 1.36 bits per heavy atom. The van der Waals surface area contributed by atoms with Gasteiger partial charge in [-0.1, -0.05) is 6.07 Å². The van der Waals surface area contributed by atoms with E-state index in [1.54, 1.807) is 0 Å². The van der Waals surface area contributed by atoms with E-state index in [4.69, 9.17) is 0 Å². The Hall–Kier alpha value is -1.23. The zero-order chi connectivity index (χ0) is 10.8. The number of hydrogen-bond donors (Lipinski definition) is 1. The molecule has 0 aliphatic heterocycles. The van der Waals surface area contributed by atoms with Gasteiger partial charge in [0.25, 0.3) is 0 Å². The van der Waals surface area contributed by atoms with Crippen LogP contribution in [0.5, 0.6) is 5.75 Å². The lowest BCUT2D eigenvalue weighted by atomic mass is 10.1. The number of methoxy groups -OCH3 is 1. The molecule has 0 saturated carbocycles. The maximum Gasteiger partial charge on any atom is 0.416 e. The van der Waals surface area contributed by atoms with Crippen molar-refractivity contribution in [1.82, 2.24) is 0 Å². The Labute approximate surface area is 78.9 Å². The first kappa shape index (κ1) is 10.8. The molecule has 1 rings (SSSR count). The molecule has 5 heteroatoms. The van der Waals surface area contributed by atoms with Crippen molar-refractivity contribution in [3.8, 4) is 5.75 Å². The molecule has 14 heavy (non-hydrogen) atoms. The molecule has 78 valence electrons.